The molecule has 0 bridgehead atoms. The Morgan fingerprint density at radius 2 is 1.48 bits per heavy atom. The van der Waals surface area contributed by atoms with E-state index in [4.69, 9.17) is 23.2 Å². The van der Waals surface area contributed by atoms with E-state index in [-0.39, 0.29) is 11.8 Å². The van der Waals surface area contributed by atoms with Crippen molar-refractivity contribution in [2.75, 3.05) is 10.6 Å². The van der Waals surface area contributed by atoms with Crippen LogP contribution in [0.4, 0.5) is 11.4 Å². The lowest BCUT2D eigenvalue weighted by molar-refractivity contribution is -0.114. The van der Waals surface area contributed by atoms with Crippen LogP contribution in [0.1, 0.15) is 17.3 Å². The van der Waals surface area contributed by atoms with Gasteiger partial charge in [0.15, 0.2) is 0 Å². The lowest BCUT2D eigenvalue weighted by atomic mass is 10.2. The molecule has 0 radical (unpaired) electrons. The van der Waals surface area contributed by atoms with E-state index in [1.807, 2.05) is 0 Å². The van der Waals surface area contributed by atoms with Crippen LogP contribution in [0, 0.1) is 0 Å². The highest BCUT2D eigenvalue weighted by Gasteiger charge is 2.09. The summed E-state index contributed by atoms with van der Waals surface area (Å²) >= 11 is 11.7. The van der Waals surface area contributed by atoms with Crippen LogP contribution in [0.5, 0.6) is 0 Å². The monoisotopic (exact) mass is 322 g/mol. The Bertz CT molecular complexity index is 682. The molecule has 2 aromatic carbocycles. The van der Waals surface area contributed by atoms with Gasteiger partial charge in [-0.05, 0) is 36.4 Å². The highest BCUT2D eigenvalue weighted by Crippen LogP contribution is 2.21. The maximum Gasteiger partial charge on any atom is 0.255 e. The molecular weight excluding hydrogens is 311 g/mol. The molecular formula is C15H12Cl2N2O2. The number of carbonyl (C=O) groups is 2. The molecule has 2 N–H and O–H groups in total. The molecule has 6 heteroatoms. The molecule has 0 aromatic heterocycles. The molecule has 0 aliphatic carbocycles. The summed E-state index contributed by atoms with van der Waals surface area (Å²) in [5, 5.41) is 6.14. The Kier molecular flexibility index (Phi) is 4.83. The molecule has 4 nitrogen and oxygen atoms in total. The smallest absolute Gasteiger partial charge is 0.255 e. The third-order valence-electron chi connectivity index (χ3n) is 2.57. The summed E-state index contributed by atoms with van der Waals surface area (Å²) in [7, 11) is 0. The van der Waals surface area contributed by atoms with Crippen LogP contribution >= 0.6 is 23.2 Å². The highest BCUT2D eigenvalue weighted by atomic mass is 35.5. The van der Waals surface area contributed by atoms with Crippen molar-refractivity contribution in [2.45, 2.75) is 6.92 Å². The summed E-state index contributed by atoms with van der Waals surface area (Å²) in [6.45, 7) is 1.42. The fourth-order valence-electron chi connectivity index (χ4n) is 1.77. The number of halogens is 2. The standard InChI is InChI=1S/C15H12Cl2N2O2/c1-9(20)18-13-3-2-4-14(8-13)19-15(21)10-5-11(16)7-12(17)6-10/h2-8H,1H3,(H,18,20)(H,19,21). The van der Waals surface area contributed by atoms with Gasteiger partial charge in [0.25, 0.3) is 5.91 Å². The molecule has 0 aliphatic heterocycles. The molecule has 2 amide bonds. The van der Waals surface area contributed by atoms with Gasteiger partial charge in [0.2, 0.25) is 5.91 Å². The summed E-state index contributed by atoms with van der Waals surface area (Å²) in [6, 6.07) is 11.4. The van der Waals surface area contributed by atoms with Crippen molar-refractivity contribution in [3.8, 4) is 0 Å². The first kappa shape index (κ1) is 15.4. The van der Waals surface area contributed by atoms with E-state index in [0.29, 0.717) is 27.0 Å². The van der Waals surface area contributed by atoms with Crippen LogP contribution in [0.25, 0.3) is 0 Å². The van der Waals surface area contributed by atoms with Crippen molar-refractivity contribution in [2.24, 2.45) is 0 Å². The van der Waals surface area contributed by atoms with Crippen LogP contribution in [0.2, 0.25) is 10.0 Å². The predicted octanol–water partition coefficient (Wildman–Crippen LogP) is 4.20. The number of hydrogen-bond donors (Lipinski definition) is 2. The molecule has 0 heterocycles. The van der Waals surface area contributed by atoms with Crippen molar-refractivity contribution >= 4 is 46.4 Å². The highest BCUT2D eigenvalue weighted by molar-refractivity contribution is 6.35. The van der Waals surface area contributed by atoms with Gasteiger partial charge in [-0.15, -0.1) is 0 Å². The van der Waals surface area contributed by atoms with Crippen molar-refractivity contribution in [3.05, 3.63) is 58.1 Å². The lowest BCUT2D eigenvalue weighted by Crippen LogP contribution is -2.12. The van der Waals surface area contributed by atoms with Gasteiger partial charge in [0, 0.05) is 33.9 Å². The van der Waals surface area contributed by atoms with Crippen molar-refractivity contribution in [1.82, 2.24) is 0 Å². The van der Waals surface area contributed by atoms with Gasteiger partial charge < -0.3 is 10.6 Å². The maximum absolute atomic E-state index is 12.1. The third-order valence-corrected chi connectivity index (χ3v) is 3.00. The van der Waals surface area contributed by atoms with E-state index in [0.717, 1.165) is 0 Å². The van der Waals surface area contributed by atoms with E-state index < -0.39 is 0 Å². The SMILES string of the molecule is CC(=O)Nc1cccc(NC(=O)c2cc(Cl)cc(Cl)c2)c1. The maximum atomic E-state index is 12.1. The first-order chi connectivity index (χ1) is 9.94. The number of anilines is 2. The molecule has 21 heavy (non-hydrogen) atoms. The average molecular weight is 323 g/mol. The molecule has 0 fully saturated rings. The molecule has 0 atom stereocenters. The molecule has 0 saturated carbocycles. The summed E-state index contributed by atoms with van der Waals surface area (Å²) in [5.41, 5.74) is 1.52. The molecule has 0 saturated heterocycles. The van der Waals surface area contributed by atoms with Gasteiger partial charge in [-0.2, -0.15) is 0 Å². The second-order valence-corrected chi connectivity index (χ2v) is 5.25. The predicted molar refractivity (Wildman–Crippen MR) is 85.2 cm³/mol. The molecule has 2 aromatic rings. The Balaban J connectivity index is 2.17. The summed E-state index contributed by atoms with van der Waals surface area (Å²) < 4.78 is 0. The number of amides is 2. The van der Waals surface area contributed by atoms with Gasteiger partial charge in [-0.1, -0.05) is 29.3 Å². The van der Waals surface area contributed by atoms with Crippen LogP contribution in [0.15, 0.2) is 42.5 Å². The minimum atomic E-state index is -0.334. The minimum Gasteiger partial charge on any atom is -0.326 e. The Morgan fingerprint density at radius 3 is 2.05 bits per heavy atom. The fraction of sp³-hybridized carbons (Fsp3) is 0.0667. The van der Waals surface area contributed by atoms with Crippen LogP contribution < -0.4 is 10.6 Å². The van der Waals surface area contributed by atoms with Crippen molar-refractivity contribution in [1.29, 1.82) is 0 Å². The van der Waals surface area contributed by atoms with E-state index in [1.165, 1.54) is 19.1 Å². The first-order valence-electron chi connectivity index (χ1n) is 6.09. The number of carbonyl (C=O) groups excluding carboxylic acids is 2. The zero-order valence-electron chi connectivity index (χ0n) is 11.1. The second-order valence-electron chi connectivity index (χ2n) is 4.37. The van der Waals surface area contributed by atoms with E-state index in [1.54, 1.807) is 30.3 Å². The van der Waals surface area contributed by atoms with Gasteiger partial charge in [-0.25, -0.2) is 0 Å². The van der Waals surface area contributed by atoms with Crippen molar-refractivity contribution < 1.29 is 9.59 Å². The topological polar surface area (TPSA) is 58.2 Å². The molecule has 0 aliphatic rings. The summed E-state index contributed by atoms with van der Waals surface area (Å²) in [6.07, 6.45) is 0. The molecule has 0 unspecified atom stereocenters. The zero-order chi connectivity index (χ0) is 15.4. The zero-order valence-corrected chi connectivity index (χ0v) is 12.6. The van der Waals surface area contributed by atoms with Crippen molar-refractivity contribution in [3.63, 3.8) is 0 Å². The van der Waals surface area contributed by atoms with Crippen LogP contribution in [-0.4, -0.2) is 11.8 Å². The third kappa shape index (κ3) is 4.48. The van der Waals surface area contributed by atoms with Crippen LogP contribution in [-0.2, 0) is 4.79 Å². The Morgan fingerprint density at radius 1 is 0.905 bits per heavy atom. The Hall–Kier alpha value is -2.04. The van der Waals surface area contributed by atoms with E-state index >= 15 is 0 Å². The lowest BCUT2D eigenvalue weighted by Gasteiger charge is -2.08. The van der Waals surface area contributed by atoms with Gasteiger partial charge in [0.1, 0.15) is 0 Å². The average Bonchev–Trinajstić information content (AvgIpc) is 2.37. The number of rotatable bonds is 3. The fourth-order valence-corrected chi connectivity index (χ4v) is 2.29. The molecule has 108 valence electrons. The second kappa shape index (κ2) is 6.61. The van der Waals surface area contributed by atoms with Crippen LogP contribution in [0.3, 0.4) is 0 Å². The van der Waals surface area contributed by atoms with Gasteiger partial charge >= 0.3 is 0 Å². The largest absolute Gasteiger partial charge is 0.326 e. The summed E-state index contributed by atoms with van der Waals surface area (Å²) in [5.74, 6) is -0.514. The number of benzene rings is 2. The number of hydrogen-bond acceptors (Lipinski definition) is 2. The van der Waals surface area contributed by atoms with Gasteiger partial charge in [-0.3, -0.25) is 9.59 Å². The molecule has 0 spiro atoms. The summed E-state index contributed by atoms with van der Waals surface area (Å²) in [4.78, 5) is 23.2. The quantitative estimate of drug-likeness (QED) is 0.889. The normalized spacial score (nSPS) is 10.0. The number of nitrogens with one attached hydrogen (secondary N) is 2. The van der Waals surface area contributed by atoms with Gasteiger partial charge in [0.05, 0.1) is 0 Å². The first-order valence-corrected chi connectivity index (χ1v) is 6.85. The van der Waals surface area contributed by atoms with E-state index in [9.17, 15) is 9.59 Å². The minimum absolute atomic E-state index is 0.180. The van der Waals surface area contributed by atoms with E-state index in [2.05, 4.69) is 10.6 Å². The molecule has 2 rings (SSSR count). The Labute approximate surface area is 132 Å².